The first-order valence-electron chi connectivity index (χ1n) is 9.73. The topological polar surface area (TPSA) is 114 Å². The van der Waals surface area contributed by atoms with Crippen molar-refractivity contribution in [3.63, 3.8) is 0 Å². The Labute approximate surface area is 181 Å². The summed E-state index contributed by atoms with van der Waals surface area (Å²) in [6, 6.07) is 12.9. The molecule has 31 heavy (non-hydrogen) atoms. The molecule has 3 rings (SSSR count). The van der Waals surface area contributed by atoms with Crippen LogP contribution in [0.1, 0.15) is 12.8 Å². The van der Waals surface area contributed by atoms with E-state index in [1.807, 2.05) is 0 Å². The Kier molecular flexibility index (Phi) is 7.13. The first-order chi connectivity index (χ1) is 14.8. The fourth-order valence-corrected chi connectivity index (χ4v) is 4.80. The average Bonchev–Trinajstić information content (AvgIpc) is 2.79. The molecule has 1 heterocycles. The molecule has 0 atom stereocenters. The van der Waals surface area contributed by atoms with Gasteiger partial charge in [-0.2, -0.15) is 4.31 Å². The third kappa shape index (κ3) is 5.53. The average molecular weight is 448 g/mol. The molecule has 2 N–H and O–H groups in total. The minimum absolute atomic E-state index is 0.127. The number of ether oxygens (including phenoxy) is 2. The van der Waals surface area contributed by atoms with Gasteiger partial charge in [0.2, 0.25) is 15.9 Å². The van der Waals surface area contributed by atoms with E-state index in [0.29, 0.717) is 30.0 Å². The molecule has 2 aromatic rings. The van der Waals surface area contributed by atoms with Crippen molar-refractivity contribution in [1.29, 1.82) is 0 Å². The van der Waals surface area contributed by atoms with Crippen LogP contribution in [0.5, 0.6) is 5.75 Å². The van der Waals surface area contributed by atoms with E-state index in [1.165, 1.54) is 35.7 Å². The molecule has 10 heteroatoms. The maximum atomic E-state index is 12.9. The van der Waals surface area contributed by atoms with Crippen LogP contribution < -0.4 is 15.4 Å². The molecule has 1 aliphatic rings. The molecule has 0 bridgehead atoms. The van der Waals surface area contributed by atoms with Crippen molar-refractivity contribution >= 4 is 33.4 Å². The zero-order valence-electron chi connectivity index (χ0n) is 17.3. The zero-order chi connectivity index (χ0) is 22.4. The fraction of sp³-hybridized carbons (Fsp3) is 0.333. The quantitative estimate of drug-likeness (QED) is 0.704. The summed E-state index contributed by atoms with van der Waals surface area (Å²) in [7, 11) is -0.888. The predicted molar refractivity (Wildman–Crippen MR) is 116 cm³/mol. The molecule has 166 valence electrons. The second kappa shape index (κ2) is 9.80. The van der Waals surface area contributed by atoms with Crippen LogP contribution in [0.2, 0.25) is 0 Å². The van der Waals surface area contributed by atoms with E-state index in [2.05, 4.69) is 15.4 Å². The summed E-state index contributed by atoms with van der Waals surface area (Å²) in [5, 5.41) is 5.34. The van der Waals surface area contributed by atoms with Crippen molar-refractivity contribution in [2.45, 2.75) is 17.7 Å². The van der Waals surface area contributed by atoms with Gasteiger partial charge in [0.1, 0.15) is 5.75 Å². The number of methoxy groups -OCH3 is 2. The van der Waals surface area contributed by atoms with Crippen molar-refractivity contribution in [3.8, 4) is 5.75 Å². The molecule has 1 aliphatic heterocycles. The van der Waals surface area contributed by atoms with E-state index in [0.717, 1.165) is 0 Å². The van der Waals surface area contributed by atoms with Gasteiger partial charge in [-0.1, -0.05) is 6.07 Å². The number of hydrogen-bond acceptors (Lipinski definition) is 6. The lowest BCUT2D eigenvalue weighted by atomic mass is 9.97. The minimum Gasteiger partial charge on any atom is -0.497 e. The summed E-state index contributed by atoms with van der Waals surface area (Å²) >= 11 is 0. The molecule has 0 unspecified atom stereocenters. The molecule has 0 saturated carbocycles. The lowest BCUT2D eigenvalue weighted by Crippen LogP contribution is -2.41. The van der Waals surface area contributed by atoms with Gasteiger partial charge >= 0.3 is 6.09 Å². The number of piperidine rings is 1. The van der Waals surface area contributed by atoms with E-state index in [9.17, 15) is 18.0 Å². The summed E-state index contributed by atoms with van der Waals surface area (Å²) in [5.41, 5.74) is 1.07. The number of anilines is 2. The lowest BCUT2D eigenvalue weighted by molar-refractivity contribution is -0.120. The normalized spacial score (nSPS) is 15.2. The third-order valence-corrected chi connectivity index (χ3v) is 7.00. The number of benzene rings is 2. The molecule has 0 aliphatic carbocycles. The summed E-state index contributed by atoms with van der Waals surface area (Å²) in [5.74, 6) is 0.235. The highest BCUT2D eigenvalue weighted by atomic mass is 32.2. The maximum Gasteiger partial charge on any atom is 0.411 e. The smallest absolute Gasteiger partial charge is 0.411 e. The number of sulfonamides is 1. The van der Waals surface area contributed by atoms with Crippen LogP contribution in [0.3, 0.4) is 0 Å². The van der Waals surface area contributed by atoms with E-state index in [4.69, 9.17) is 4.74 Å². The SMILES string of the molecule is COC(=O)Nc1ccc(S(=O)(=O)N2CCC(C(=O)Nc3cccc(OC)c3)CC2)cc1. The standard InChI is InChI=1S/C21H25N3O6S/c1-29-18-5-3-4-17(14-18)22-20(25)15-10-12-24(13-11-15)31(27,28)19-8-6-16(7-9-19)23-21(26)30-2/h3-9,14-15H,10-13H2,1-2H3,(H,22,25)(H,23,26). The number of nitrogens with zero attached hydrogens (tertiary/aromatic N) is 1. The third-order valence-electron chi connectivity index (χ3n) is 5.09. The number of hydrogen-bond donors (Lipinski definition) is 2. The number of carbonyl (C=O) groups excluding carboxylic acids is 2. The molecule has 1 fully saturated rings. The number of nitrogens with one attached hydrogen (secondary N) is 2. The van der Waals surface area contributed by atoms with Gasteiger partial charge in [0.15, 0.2) is 0 Å². The van der Waals surface area contributed by atoms with Crippen molar-refractivity contribution in [3.05, 3.63) is 48.5 Å². The fourth-order valence-electron chi connectivity index (χ4n) is 3.33. The van der Waals surface area contributed by atoms with E-state index < -0.39 is 16.1 Å². The molecule has 9 nitrogen and oxygen atoms in total. The van der Waals surface area contributed by atoms with E-state index in [1.54, 1.807) is 31.4 Å². The Hall–Kier alpha value is -3.11. The Balaban J connectivity index is 1.58. The highest BCUT2D eigenvalue weighted by molar-refractivity contribution is 7.89. The van der Waals surface area contributed by atoms with Gasteiger partial charge < -0.3 is 14.8 Å². The Morgan fingerprint density at radius 1 is 0.968 bits per heavy atom. The maximum absolute atomic E-state index is 12.9. The van der Waals surface area contributed by atoms with Crippen LogP contribution in [0.25, 0.3) is 0 Å². The predicted octanol–water partition coefficient (Wildman–Crippen LogP) is 2.91. The van der Waals surface area contributed by atoms with Crippen molar-refractivity contribution < 1.29 is 27.5 Å². The molecule has 0 aromatic heterocycles. The zero-order valence-corrected chi connectivity index (χ0v) is 18.1. The Morgan fingerprint density at radius 3 is 2.26 bits per heavy atom. The minimum atomic E-state index is -3.69. The highest BCUT2D eigenvalue weighted by Crippen LogP contribution is 2.26. The van der Waals surface area contributed by atoms with Crippen LogP contribution in [0, 0.1) is 5.92 Å². The Morgan fingerprint density at radius 2 is 1.65 bits per heavy atom. The van der Waals surface area contributed by atoms with Crippen molar-refractivity contribution in [2.24, 2.45) is 5.92 Å². The molecule has 1 saturated heterocycles. The van der Waals surface area contributed by atoms with Crippen molar-refractivity contribution in [2.75, 3.05) is 37.9 Å². The van der Waals surface area contributed by atoms with Gasteiger partial charge in [0.05, 0.1) is 19.1 Å². The molecule has 2 amide bonds. The van der Waals surface area contributed by atoms with Gasteiger partial charge in [0.25, 0.3) is 0 Å². The van der Waals surface area contributed by atoms with Crippen molar-refractivity contribution in [1.82, 2.24) is 4.31 Å². The van der Waals surface area contributed by atoms with Crippen LogP contribution >= 0.6 is 0 Å². The summed E-state index contributed by atoms with van der Waals surface area (Å²) in [6.45, 7) is 0.501. The molecule has 0 spiro atoms. The number of rotatable bonds is 6. The molecule has 2 aromatic carbocycles. The first kappa shape index (κ1) is 22.6. The second-order valence-corrected chi connectivity index (χ2v) is 8.98. The van der Waals surface area contributed by atoms with Crippen LogP contribution in [-0.4, -0.2) is 52.0 Å². The number of amides is 2. The van der Waals surface area contributed by atoms with Crippen LogP contribution in [-0.2, 0) is 19.6 Å². The summed E-state index contributed by atoms with van der Waals surface area (Å²) < 4.78 is 36.9. The largest absolute Gasteiger partial charge is 0.497 e. The summed E-state index contributed by atoms with van der Waals surface area (Å²) in [4.78, 5) is 24.0. The lowest BCUT2D eigenvalue weighted by Gasteiger charge is -2.30. The van der Waals surface area contributed by atoms with Crippen LogP contribution in [0.15, 0.2) is 53.4 Å². The van der Waals surface area contributed by atoms with E-state index >= 15 is 0 Å². The van der Waals surface area contributed by atoms with Gasteiger partial charge in [-0.15, -0.1) is 0 Å². The highest BCUT2D eigenvalue weighted by Gasteiger charge is 2.32. The van der Waals surface area contributed by atoms with Gasteiger partial charge in [0, 0.05) is 36.4 Å². The second-order valence-electron chi connectivity index (χ2n) is 7.04. The summed E-state index contributed by atoms with van der Waals surface area (Å²) in [6.07, 6.45) is 0.221. The van der Waals surface area contributed by atoms with Gasteiger partial charge in [-0.3, -0.25) is 10.1 Å². The van der Waals surface area contributed by atoms with Gasteiger partial charge in [-0.05, 0) is 49.2 Å². The van der Waals surface area contributed by atoms with E-state index in [-0.39, 0.29) is 29.8 Å². The number of carbonyl (C=O) groups is 2. The van der Waals surface area contributed by atoms with Crippen LogP contribution in [0.4, 0.5) is 16.2 Å². The first-order valence-corrected chi connectivity index (χ1v) is 11.2. The molecular formula is C21H25N3O6S. The Bertz CT molecular complexity index is 1030. The van der Waals surface area contributed by atoms with Gasteiger partial charge in [-0.25, -0.2) is 13.2 Å². The molecular weight excluding hydrogens is 422 g/mol. The molecule has 0 radical (unpaired) electrons. The monoisotopic (exact) mass is 447 g/mol.